The minimum atomic E-state index is -0.926. The molecule has 122 valence electrons. The predicted molar refractivity (Wildman–Crippen MR) is 95.8 cm³/mol. The normalized spacial score (nSPS) is 21.8. The highest BCUT2D eigenvalue weighted by atomic mass is 35.5. The van der Waals surface area contributed by atoms with Crippen LogP contribution >= 0.6 is 11.6 Å². The maximum Gasteiger partial charge on any atom is 0.336 e. The van der Waals surface area contributed by atoms with Crippen LogP contribution in [-0.2, 0) is 11.8 Å². The molecule has 3 nitrogen and oxygen atoms in total. The van der Waals surface area contributed by atoms with Gasteiger partial charge in [0.05, 0.1) is 11.3 Å². The quantitative estimate of drug-likeness (QED) is 0.837. The van der Waals surface area contributed by atoms with Crippen LogP contribution in [0.1, 0.15) is 47.2 Å². The van der Waals surface area contributed by atoms with Gasteiger partial charge in [0.25, 0.3) is 0 Å². The third-order valence-corrected chi connectivity index (χ3v) is 5.68. The van der Waals surface area contributed by atoms with E-state index in [1.165, 1.54) is 11.3 Å². The van der Waals surface area contributed by atoms with E-state index in [1.807, 2.05) is 18.2 Å². The number of aromatic carboxylic acids is 1. The van der Waals surface area contributed by atoms with Crippen molar-refractivity contribution in [2.24, 2.45) is 4.99 Å². The lowest BCUT2D eigenvalue weighted by molar-refractivity contribution is 0.0695. The van der Waals surface area contributed by atoms with Crippen LogP contribution in [0.2, 0.25) is 5.02 Å². The molecule has 4 heteroatoms. The van der Waals surface area contributed by atoms with Gasteiger partial charge in [-0.25, -0.2) is 4.79 Å². The molecule has 1 saturated carbocycles. The summed E-state index contributed by atoms with van der Waals surface area (Å²) in [6.45, 7) is 0. The standard InChI is InChI=1S/C20H18ClNO2/c21-16-8-5-6-13(19(23)24)14(16)12-20-11-4-3-10-18(20)22-17-9-2-1-7-15(17)20/h1-2,5-9H,3-4,10-12H2,(H,23,24). The molecule has 0 aromatic heterocycles. The summed E-state index contributed by atoms with van der Waals surface area (Å²) in [5.41, 5.74) is 4.24. The number of rotatable bonds is 3. The van der Waals surface area contributed by atoms with Crippen LogP contribution in [0.3, 0.4) is 0 Å². The average Bonchev–Trinajstić information content (AvgIpc) is 2.91. The van der Waals surface area contributed by atoms with Gasteiger partial charge in [0, 0.05) is 16.1 Å². The first-order valence-electron chi connectivity index (χ1n) is 8.30. The van der Waals surface area contributed by atoms with Gasteiger partial charge in [0.15, 0.2) is 0 Å². The minimum Gasteiger partial charge on any atom is -0.478 e. The van der Waals surface area contributed by atoms with Crippen molar-refractivity contribution in [2.75, 3.05) is 0 Å². The molecule has 0 amide bonds. The number of fused-ring (bicyclic) bond motifs is 3. The summed E-state index contributed by atoms with van der Waals surface area (Å²) in [6, 6.07) is 13.3. The minimum absolute atomic E-state index is 0.204. The lowest BCUT2D eigenvalue weighted by Gasteiger charge is -2.36. The number of carbonyl (C=O) groups is 1. The largest absolute Gasteiger partial charge is 0.478 e. The third kappa shape index (κ3) is 2.27. The molecule has 0 saturated heterocycles. The Morgan fingerprint density at radius 3 is 2.83 bits per heavy atom. The monoisotopic (exact) mass is 339 g/mol. The number of hydrogen-bond donors (Lipinski definition) is 1. The summed E-state index contributed by atoms with van der Waals surface area (Å²) in [6.07, 6.45) is 4.84. The van der Waals surface area contributed by atoms with E-state index in [0.29, 0.717) is 17.0 Å². The number of halogens is 1. The molecule has 1 fully saturated rings. The Morgan fingerprint density at radius 2 is 2.00 bits per heavy atom. The topological polar surface area (TPSA) is 49.7 Å². The lowest BCUT2D eigenvalue weighted by atomic mass is 9.65. The van der Waals surface area contributed by atoms with Crippen molar-refractivity contribution in [2.45, 2.75) is 37.5 Å². The summed E-state index contributed by atoms with van der Waals surface area (Å²) in [5, 5.41) is 10.1. The molecule has 1 aliphatic heterocycles. The molecule has 1 heterocycles. The summed E-state index contributed by atoms with van der Waals surface area (Å²) < 4.78 is 0. The Labute approximate surface area is 146 Å². The van der Waals surface area contributed by atoms with Crippen LogP contribution in [0, 0.1) is 0 Å². The van der Waals surface area contributed by atoms with Gasteiger partial charge in [0.2, 0.25) is 0 Å². The molecule has 1 atom stereocenters. The second kappa shape index (κ2) is 5.75. The van der Waals surface area contributed by atoms with E-state index in [9.17, 15) is 9.90 Å². The number of carboxylic acid groups (broad SMARTS) is 1. The van der Waals surface area contributed by atoms with E-state index in [-0.39, 0.29) is 5.41 Å². The summed E-state index contributed by atoms with van der Waals surface area (Å²) in [5.74, 6) is -0.926. The van der Waals surface area contributed by atoms with Crippen LogP contribution < -0.4 is 0 Å². The molecule has 24 heavy (non-hydrogen) atoms. The van der Waals surface area contributed by atoms with Crippen molar-refractivity contribution in [1.82, 2.24) is 0 Å². The Bertz CT molecular complexity index is 858. The average molecular weight is 340 g/mol. The molecule has 0 spiro atoms. The van der Waals surface area contributed by atoms with Crippen molar-refractivity contribution in [3.05, 3.63) is 64.2 Å². The zero-order chi connectivity index (χ0) is 16.7. The number of aliphatic imine (C=N–C) groups is 1. The van der Waals surface area contributed by atoms with E-state index in [2.05, 4.69) is 6.07 Å². The first-order valence-corrected chi connectivity index (χ1v) is 8.68. The van der Waals surface area contributed by atoms with Gasteiger partial charge >= 0.3 is 5.97 Å². The van der Waals surface area contributed by atoms with Crippen molar-refractivity contribution in [3.8, 4) is 0 Å². The van der Waals surface area contributed by atoms with Crippen LogP contribution in [0.5, 0.6) is 0 Å². The van der Waals surface area contributed by atoms with Crippen molar-refractivity contribution in [1.29, 1.82) is 0 Å². The maximum atomic E-state index is 11.7. The summed E-state index contributed by atoms with van der Waals surface area (Å²) in [7, 11) is 0. The van der Waals surface area contributed by atoms with Crippen molar-refractivity contribution < 1.29 is 9.90 Å². The van der Waals surface area contributed by atoms with Gasteiger partial charge in [-0.3, -0.25) is 4.99 Å². The second-order valence-corrected chi connectivity index (χ2v) is 7.02. The number of carboxylic acids is 1. The van der Waals surface area contributed by atoms with Crippen LogP contribution in [-0.4, -0.2) is 16.8 Å². The maximum absolute atomic E-state index is 11.7. The fourth-order valence-corrected chi connectivity index (χ4v) is 4.44. The SMILES string of the molecule is O=C(O)c1cccc(Cl)c1CC12CCCCC1=Nc1ccccc12. The molecule has 2 aromatic rings. The fourth-order valence-electron chi connectivity index (χ4n) is 4.20. The molecule has 2 aromatic carbocycles. The molecule has 0 radical (unpaired) electrons. The lowest BCUT2D eigenvalue weighted by Crippen LogP contribution is -2.38. The summed E-state index contributed by atoms with van der Waals surface area (Å²) in [4.78, 5) is 16.5. The van der Waals surface area contributed by atoms with Gasteiger partial charge in [0.1, 0.15) is 0 Å². The fraction of sp³-hybridized carbons (Fsp3) is 0.300. The van der Waals surface area contributed by atoms with Crippen molar-refractivity contribution in [3.63, 3.8) is 0 Å². The first kappa shape index (κ1) is 15.4. The first-order chi connectivity index (χ1) is 11.6. The van der Waals surface area contributed by atoms with Gasteiger partial charge in [-0.05, 0) is 55.0 Å². The van der Waals surface area contributed by atoms with E-state index in [0.717, 1.165) is 36.9 Å². The van der Waals surface area contributed by atoms with Gasteiger partial charge in [-0.2, -0.15) is 0 Å². The molecule has 1 N–H and O–H groups in total. The number of benzene rings is 2. The van der Waals surface area contributed by atoms with Crippen LogP contribution in [0.15, 0.2) is 47.5 Å². The van der Waals surface area contributed by atoms with Gasteiger partial charge in [-0.1, -0.05) is 42.3 Å². The van der Waals surface area contributed by atoms with E-state index in [1.54, 1.807) is 18.2 Å². The Kier molecular flexibility index (Phi) is 3.69. The van der Waals surface area contributed by atoms with Crippen LogP contribution in [0.4, 0.5) is 5.69 Å². The Hall–Kier alpha value is -2.13. The number of nitrogens with zero attached hydrogens (tertiary/aromatic N) is 1. The zero-order valence-corrected chi connectivity index (χ0v) is 14.0. The molecule has 4 rings (SSSR count). The molecule has 2 aliphatic rings. The highest BCUT2D eigenvalue weighted by molar-refractivity contribution is 6.32. The molecular weight excluding hydrogens is 322 g/mol. The smallest absolute Gasteiger partial charge is 0.336 e. The van der Waals surface area contributed by atoms with E-state index < -0.39 is 5.97 Å². The highest BCUT2D eigenvalue weighted by Crippen LogP contribution is 2.49. The number of para-hydroxylation sites is 1. The highest BCUT2D eigenvalue weighted by Gasteiger charge is 2.45. The second-order valence-electron chi connectivity index (χ2n) is 6.61. The van der Waals surface area contributed by atoms with Gasteiger partial charge < -0.3 is 5.11 Å². The van der Waals surface area contributed by atoms with Gasteiger partial charge in [-0.15, -0.1) is 0 Å². The zero-order valence-electron chi connectivity index (χ0n) is 13.3. The molecule has 0 bridgehead atoms. The summed E-state index contributed by atoms with van der Waals surface area (Å²) >= 11 is 6.40. The predicted octanol–water partition coefficient (Wildman–Crippen LogP) is 5.18. The molecule has 1 unspecified atom stereocenters. The Morgan fingerprint density at radius 1 is 1.17 bits per heavy atom. The van der Waals surface area contributed by atoms with Crippen LogP contribution in [0.25, 0.3) is 0 Å². The van der Waals surface area contributed by atoms with E-state index >= 15 is 0 Å². The van der Waals surface area contributed by atoms with E-state index in [4.69, 9.17) is 16.6 Å². The number of hydrogen-bond acceptors (Lipinski definition) is 2. The molecule has 1 aliphatic carbocycles. The third-order valence-electron chi connectivity index (χ3n) is 5.32. The molecular formula is C20H18ClNO2. The van der Waals surface area contributed by atoms with Crippen molar-refractivity contribution >= 4 is 29.0 Å². The Balaban J connectivity index is 1.87.